The van der Waals surface area contributed by atoms with Crippen LogP contribution >= 0.6 is 11.8 Å². The summed E-state index contributed by atoms with van der Waals surface area (Å²) in [6, 6.07) is 14.0. The normalized spacial score (nSPS) is 11.3. The summed E-state index contributed by atoms with van der Waals surface area (Å²) in [7, 11) is -3.55. The second-order valence-corrected chi connectivity index (χ2v) is 10.4. The highest BCUT2D eigenvalue weighted by molar-refractivity contribution is 7.98. The number of amides is 1. The molecule has 0 radical (unpaired) electrons. The van der Waals surface area contributed by atoms with Crippen molar-refractivity contribution in [3.05, 3.63) is 64.7 Å². The van der Waals surface area contributed by atoms with Crippen LogP contribution in [0, 0.1) is 20.8 Å². The molecule has 1 amide bonds. The van der Waals surface area contributed by atoms with Gasteiger partial charge in [0.25, 0.3) is 0 Å². The molecule has 2 rings (SSSR count). The second kappa shape index (κ2) is 10.7. The lowest BCUT2D eigenvalue weighted by atomic mass is 10.1. The molecule has 0 aromatic heterocycles. The summed E-state index contributed by atoms with van der Waals surface area (Å²) >= 11 is 1.82. The molecule has 0 aliphatic heterocycles. The van der Waals surface area contributed by atoms with Crippen LogP contribution in [0.15, 0.2) is 42.5 Å². The van der Waals surface area contributed by atoms with Crippen molar-refractivity contribution in [2.45, 2.75) is 32.9 Å². The first kappa shape index (κ1) is 23.3. The minimum Gasteiger partial charge on any atom is -0.354 e. The van der Waals surface area contributed by atoms with Crippen molar-refractivity contribution in [3.63, 3.8) is 0 Å². The molecule has 158 valence electrons. The molecule has 2 aromatic rings. The predicted molar refractivity (Wildman–Crippen MR) is 123 cm³/mol. The number of hydrogen-bond acceptors (Lipinski definition) is 4. The van der Waals surface area contributed by atoms with Crippen LogP contribution in [0.3, 0.4) is 0 Å². The monoisotopic (exact) mass is 434 g/mol. The number of carbonyl (C=O) groups is 1. The highest BCUT2D eigenvalue weighted by Gasteiger charge is 2.21. The third kappa shape index (κ3) is 8.11. The summed E-state index contributed by atoms with van der Waals surface area (Å²) in [6.07, 6.45) is 1.96. The number of nitrogens with one attached hydrogen (secondary N) is 1. The Kier molecular flexibility index (Phi) is 8.59. The number of aryl methyl sites for hydroxylation is 3. The number of carbonyl (C=O) groups excluding carboxylic acids is 1. The first-order valence-electron chi connectivity index (χ1n) is 9.61. The van der Waals surface area contributed by atoms with E-state index in [1.165, 1.54) is 11.1 Å². The van der Waals surface area contributed by atoms with Crippen LogP contribution in [0.2, 0.25) is 0 Å². The molecule has 7 heteroatoms. The SMILES string of the molecule is Cc1ccc(CSCCCNC(=O)CN(c2cc(C)cc(C)c2)S(C)(=O)=O)cc1. The smallest absolute Gasteiger partial charge is 0.240 e. The molecule has 0 unspecified atom stereocenters. The summed E-state index contributed by atoms with van der Waals surface area (Å²) in [5, 5.41) is 2.83. The van der Waals surface area contributed by atoms with Crippen LogP contribution in [0.1, 0.15) is 28.7 Å². The fourth-order valence-corrected chi connectivity index (χ4v) is 4.72. The van der Waals surface area contributed by atoms with Gasteiger partial charge in [-0.3, -0.25) is 9.10 Å². The van der Waals surface area contributed by atoms with Crippen LogP contribution in [0.25, 0.3) is 0 Å². The highest BCUT2D eigenvalue weighted by atomic mass is 32.2. The van der Waals surface area contributed by atoms with E-state index in [2.05, 4.69) is 36.5 Å². The first-order chi connectivity index (χ1) is 13.6. The van der Waals surface area contributed by atoms with Gasteiger partial charge >= 0.3 is 0 Å². The average Bonchev–Trinajstić information content (AvgIpc) is 2.62. The summed E-state index contributed by atoms with van der Waals surface area (Å²) < 4.78 is 25.6. The summed E-state index contributed by atoms with van der Waals surface area (Å²) in [5.41, 5.74) is 4.99. The van der Waals surface area contributed by atoms with Gasteiger partial charge in [0.1, 0.15) is 6.54 Å². The number of sulfonamides is 1. The lowest BCUT2D eigenvalue weighted by molar-refractivity contribution is -0.119. The van der Waals surface area contributed by atoms with Crippen molar-refractivity contribution in [2.24, 2.45) is 0 Å². The quantitative estimate of drug-likeness (QED) is 0.578. The van der Waals surface area contributed by atoms with Crippen molar-refractivity contribution < 1.29 is 13.2 Å². The number of anilines is 1. The molecular weight excluding hydrogens is 404 g/mol. The molecule has 0 heterocycles. The van der Waals surface area contributed by atoms with Crippen molar-refractivity contribution in [3.8, 4) is 0 Å². The number of rotatable bonds is 10. The zero-order valence-electron chi connectivity index (χ0n) is 17.6. The second-order valence-electron chi connectivity index (χ2n) is 7.36. The van der Waals surface area contributed by atoms with E-state index in [-0.39, 0.29) is 12.5 Å². The van der Waals surface area contributed by atoms with Gasteiger partial charge < -0.3 is 5.32 Å². The maximum Gasteiger partial charge on any atom is 0.240 e. The van der Waals surface area contributed by atoms with Crippen molar-refractivity contribution in [2.75, 3.05) is 29.4 Å². The average molecular weight is 435 g/mol. The minimum absolute atomic E-state index is 0.210. The Morgan fingerprint density at radius 1 is 1.00 bits per heavy atom. The van der Waals surface area contributed by atoms with Gasteiger partial charge in [-0.2, -0.15) is 11.8 Å². The Balaban J connectivity index is 1.79. The van der Waals surface area contributed by atoms with Crippen molar-refractivity contribution in [1.29, 1.82) is 0 Å². The topological polar surface area (TPSA) is 66.5 Å². The fourth-order valence-electron chi connectivity index (χ4n) is 2.96. The molecule has 0 aliphatic carbocycles. The van der Waals surface area contributed by atoms with Crippen LogP contribution in [0.4, 0.5) is 5.69 Å². The van der Waals surface area contributed by atoms with Crippen molar-refractivity contribution in [1.82, 2.24) is 5.32 Å². The summed E-state index contributed by atoms with van der Waals surface area (Å²) in [4.78, 5) is 12.3. The molecule has 1 N–H and O–H groups in total. The van der Waals surface area contributed by atoms with Crippen LogP contribution in [0.5, 0.6) is 0 Å². The highest BCUT2D eigenvalue weighted by Crippen LogP contribution is 2.21. The third-order valence-electron chi connectivity index (χ3n) is 4.36. The lowest BCUT2D eigenvalue weighted by Crippen LogP contribution is -2.40. The fraction of sp³-hybridized carbons (Fsp3) is 0.409. The van der Waals surface area contributed by atoms with E-state index in [0.29, 0.717) is 12.2 Å². The summed E-state index contributed by atoms with van der Waals surface area (Å²) in [5.74, 6) is 1.59. The van der Waals surface area contributed by atoms with Crippen LogP contribution in [-0.2, 0) is 20.6 Å². The van der Waals surface area contributed by atoms with E-state index in [1.54, 1.807) is 12.1 Å². The number of nitrogens with zero attached hydrogens (tertiary/aromatic N) is 1. The van der Waals surface area contributed by atoms with Gasteiger partial charge in [0.2, 0.25) is 15.9 Å². The van der Waals surface area contributed by atoms with Gasteiger partial charge in [0, 0.05) is 12.3 Å². The number of hydrogen-bond donors (Lipinski definition) is 1. The van der Waals surface area contributed by atoms with E-state index in [1.807, 2.05) is 31.7 Å². The molecule has 0 saturated carbocycles. The van der Waals surface area contributed by atoms with Gasteiger partial charge in [0.05, 0.1) is 11.9 Å². The Bertz CT molecular complexity index is 905. The summed E-state index contributed by atoms with van der Waals surface area (Å²) in [6.45, 7) is 6.21. The van der Waals surface area contributed by atoms with Crippen molar-refractivity contribution >= 4 is 33.4 Å². The Morgan fingerprint density at radius 2 is 1.62 bits per heavy atom. The zero-order valence-corrected chi connectivity index (χ0v) is 19.2. The molecule has 0 aliphatic rings. The maximum atomic E-state index is 12.3. The first-order valence-corrected chi connectivity index (χ1v) is 12.6. The lowest BCUT2D eigenvalue weighted by Gasteiger charge is -2.22. The molecule has 0 atom stereocenters. The molecule has 5 nitrogen and oxygen atoms in total. The largest absolute Gasteiger partial charge is 0.354 e. The minimum atomic E-state index is -3.55. The van der Waals surface area contributed by atoms with Gasteiger partial charge in [-0.1, -0.05) is 35.9 Å². The van der Waals surface area contributed by atoms with Crippen LogP contribution < -0.4 is 9.62 Å². The van der Waals surface area contributed by atoms with Gasteiger partial charge in [-0.05, 0) is 61.8 Å². The molecule has 29 heavy (non-hydrogen) atoms. The molecular formula is C22H30N2O3S2. The van der Waals surface area contributed by atoms with E-state index >= 15 is 0 Å². The Hall–Kier alpha value is -1.99. The molecule has 0 saturated heterocycles. The Labute approximate surface area is 178 Å². The van der Waals surface area contributed by atoms with Gasteiger partial charge in [-0.15, -0.1) is 0 Å². The number of thioether (sulfide) groups is 1. The predicted octanol–water partition coefficient (Wildman–Crippen LogP) is 3.82. The van der Waals surface area contributed by atoms with E-state index < -0.39 is 10.0 Å². The third-order valence-corrected chi connectivity index (χ3v) is 6.61. The molecule has 2 aromatic carbocycles. The standard InChI is InChI=1S/C22H30N2O3S2/c1-17-6-8-20(9-7-17)16-28-11-5-10-23-22(25)15-24(29(4,26)27)21-13-18(2)12-19(3)14-21/h6-9,12-14H,5,10-11,15-16H2,1-4H3,(H,23,25). The van der Waals surface area contributed by atoms with E-state index in [9.17, 15) is 13.2 Å². The van der Waals surface area contributed by atoms with E-state index in [0.717, 1.165) is 39.6 Å². The van der Waals surface area contributed by atoms with Crippen LogP contribution in [-0.4, -0.2) is 39.4 Å². The van der Waals surface area contributed by atoms with Gasteiger partial charge in [0.15, 0.2) is 0 Å². The Morgan fingerprint density at radius 3 is 2.21 bits per heavy atom. The zero-order chi connectivity index (χ0) is 21.4. The molecule has 0 bridgehead atoms. The molecule has 0 fully saturated rings. The number of benzene rings is 2. The molecule has 0 spiro atoms. The van der Waals surface area contributed by atoms with E-state index in [4.69, 9.17) is 0 Å². The maximum absolute atomic E-state index is 12.3. The van der Waals surface area contributed by atoms with Gasteiger partial charge in [-0.25, -0.2) is 8.42 Å².